The number of carbonyl (C=O) groups is 1. The summed E-state index contributed by atoms with van der Waals surface area (Å²) in [7, 11) is 3.15. The van der Waals surface area contributed by atoms with Crippen LogP contribution in [0.1, 0.15) is 5.56 Å². The Morgan fingerprint density at radius 3 is 2.60 bits per heavy atom. The minimum absolute atomic E-state index is 0.112. The minimum Gasteiger partial charge on any atom is -0.497 e. The molecule has 1 N–H and O–H groups in total. The van der Waals surface area contributed by atoms with E-state index in [0.29, 0.717) is 45.2 Å². The number of hydrogen-bond donors (Lipinski definition) is 1. The summed E-state index contributed by atoms with van der Waals surface area (Å²) in [5, 5.41) is 16.3. The first kappa shape index (κ1) is 24.1. The maximum atomic E-state index is 12.1. The van der Waals surface area contributed by atoms with E-state index in [9.17, 15) is 4.79 Å². The second-order valence-electron chi connectivity index (χ2n) is 7.43. The molecule has 0 aliphatic carbocycles. The van der Waals surface area contributed by atoms with E-state index >= 15 is 0 Å². The highest BCUT2D eigenvalue weighted by Crippen LogP contribution is 2.32. The number of halogens is 1. The van der Waals surface area contributed by atoms with Crippen LogP contribution in [-0.2, 0) is 4.79 Å². The van der Waals surface area contributed by atoms with Crippen LogP contribution in [-0.4, -0.2) is 59.7 Å². The molecule has 4 aromatic rings. The molecule has 1 amide bonds. The zero-order valence-electron chi connectivity index (χ0n) is 19.4. The van der Waals surface area contributed by atoms with Crippen molar-refractivity contribution < 1.29 is 23.7 Å². The zero-order valence-corrected chi connectivity index (χ0v) is 20.2. The van der Waals surface area contributed by atoms with E-state index in [0.717, 1.165) is 5.56 Å². The molecule has 0 bridgehead atoms. The summed E-state index contributed by atoms with van der Waals surface area (Å²) in [6.07, 6.45) is 0. The second kappa shape index (κ2) is 10.9. The number of aryl methyl sites for hydroxylation is 1. The van der Waals surface area contributed by atoms with Gasteiger partial charge in [-0.25, -0.2) is 0 Å². The number of hydrogen-bond acceptors (Lipinski definition) is 8. The minimum atomic E-state index is -0.266. The first-order chi connectivity index (χ1) is 17.0. The van der Waals surface area contributed by atoms with Gasteiger partial charge in [-0.15, -0.1) is 15.3 Å². The van der Waals surface area contributed by atoms with Crippen molar-refractivity contribution >= 4 is 23.2 Å². The van der Waals surface area contributed by atoms with Gasteiger partial charge in [-0.05, 0) is 48.9 Å². The van der Waals surface area contributed by atoms with Gasteiger partial charge < -0.3 is 24.3 Å². The van der Waals surface area contributed by atoms with Gasteiger partial charge in [0.1, 0.15) is 23.9 Å². The van der Waals surface area contributed by atoms with Gasteiger partial charge in [-0.2, -0.15) is 4.52 Å². The number of nitrogens with zero attached hydrogens (tertiary/aromatic N) is 4. The predicted octanol–water partition coefficient (Wildman–Crippen LogP) is 3.34. The fourth-order valence-electron chi connectivity index (χ4n) is 3.25. The number of carbonyl (C=O) groups excluding carboxylic acids is 1. The molecule has 4 rings (SSSR count). The summed E-state index contributed by atoms with van der Waals surface area (Å²) in [6.45, 7) is 2.25. The average molecular weight is 498 g/mol. The van der Waals surface area contributed by atoms with E-state index in [1.54, 1.807) is 61.2 Å². The summed E-state index contributed by atoms with van der Waals surface area (Å²) in [4.78, 5) is 12.1. The van der Waals surface area contributed by atoms with Crippen molar-refractivity contribution in [1.29, 1.82) is 0 Å². The van der Waals surface area contributed by atoms with Crippen LogP contribution in [0, 0.1) is 6.92 Å². The Hall–Kier alpha value is -4.05. The molecule has 182 valence electrons. The van der Waals surface area contributed by atoms with Crippen molar-refractivity contribution in [2.75, 3.05) is 34.0 Å². The Balaban J connectivity index is 1.34. The molecule has 0 spiro atoms. The van der Waals surface area contributed by atoms with Gasteiger partial charge in [-0.3, -0.25) is 4.79 Å². The molecular formula is C24H24ClN5O5. The van der Waals surface area contributed by atoms with Crippen LogP contribution >= 0.6 is 11.6 Å². The van der Waals surface area contributed by atoms with E-state index < -0.39 is 0 Å². The number of ether oxygens (including phenoxy) is 4. The molecule has 10 nitrogen and oxygen atoms in total. The second-order valence-corrected chi connectivity index (χ2v) is 7.84. The lowest BCUT2D eigenvalue weighted by molar-refractivity contribution is -0.123. The Morgan fingerprint density at radius 2 is 1.83 bits per heavy atom. The largest absolute Gasteiger partial charge is 0.497 e. The summed E-state index contributed by atoms with van der Waals surface area (Å²) in [6, 6.07) is 14.1. The standard InChI is InChI=1S/C24H24ClN5O5/c1-15-12-17(5-7-19(15)25)35-14-22(31)26-10-11-34-23-9-8-21-27-28-24(30(21)29-23)18-6-4-16(32-2)13-20(18)33-3/h4-9,12-13H,10-11,14H2,1-3H3,(H,26,31). The molecule has 0 fully saturated rings. The molecule has 2 heterocycles. The van der Waals surface area contributed by atoms with E-state index in [4.69, 9.17) is 30.5 Å². The van der Waals surface area contributed by atoms with Crippen LogP contribution in [0.2, 0.25) is 5.02 Å². The van der Waals surface area contributed by atoms with Crippen LogP contribution in [0.4, 0.5) is 0 Å². The molecule has 2 aromatic heterocycles. The Kier molecular flexibility index (Phi) is 7.51. The van der Waals surface area contributed by atoms with Crippen molar-refractivity contribution in [2.45, 2.75) is 6.92 Å². The van der Waals surface area contributed by atoms with Crippen LogP contribution in [0.25, 0.3) is 17.0 Å². The molecule has 11 heteroatoms. The third kappa shape index (κ3) is 5.72. The monoisotopic (exact) mass is 497 g/mol. The Morgan fingerprint density at radius 1 is 1.00 bits per heavy atom. The topological polar surface area (TPSA) is 109 Å². The molecule has 0 aliphatic rings. The number of benzene rings is 2. The summed E-state index contributed by atoms with van der Waals surface area (Å²) >= 11 is 6.00. The third-order valence-electron chi connectivity index (χ3n) is 5.06. The van der Waals surface area contributed by atoms with Gasteiger partial charge in [0, 0.05) is 17.2 Å². The molecule has 0 unspecified atom stereocenters. The number of nitrogens with one attached hydrogen (secondary N) is 1. The number of rotatable bonds is 10. The van der Waals surface area contributed by atoms with Crippen LogP contribution in [0.15, 0.2) is 48.5 Å². The number of aromatic nitrogens is 4. The smallest absolute Gasteiger partial charge is 0.258 e. The summed E-state index contributed by atoms with van der Waals surface area (Å²) in [5.41, 5.74) is 2.13. The lowest BCUT2D eigenvalue weighted by Gasteiger charge is -2.10. The van der Waals surface area contributed by atoms with Crippen LogP contribution < -0.4 is 24.3 Å². The molecule has 0 saturated heterocycles. The highest BCUT2D eigenvalue weighted by Gasteiger charge is 2.16. The van der Waals surface area contributed by atoms with Crippen LogP contribution in [0.5, 0.6) is 23.1 Å². The van der Waals surface area contributed by atoms with Crippen molar-refractivity contribution in [1.82, 2.24) is 25.1 Å². The highest BCUT2D eigenvalue weighted by molar-refractivity contribution is 6.31. The quantitative estimate of drug-likeness (QED) is 0.332. The Labute approximate surface area is 206 Å². The molecule has 35 heavy (non-hydrogen) atoms. The van der Waals surface area contributed by atoms with Crippen LogP contribution in [0.3, 0.4) is 0 Å². The van der Waals surface area contributed by atoms with Gasteiger partial charge in [0.05, 0.1) is 26.3 Å². The van der Waals surface area contributed by atoms with Gasteiger partial charge >= 0.3 is 0 Å². The molecule has 0 aliphatic heterocycles. The number of amides is 1. The van der Waals surface area contributed by atoms with E-state index in [1.807, 2.05) is 13.0 Å². The number of fused-ring (bicyclic) bond motifs is 1. The van der Waals surface area contributed by atoms with Crippen molar-refractivity contribution in [3.63, 3.8) is 0 Å². The number of methoxy groups -OCH3 is 2. The lowest BCUT2D eigenvalue weighted by Crippen LogP contribution is -2.32. The van der Waals surface area contributed by atoms with E-state index in [1.165, 1.54) is 0 Å². The fourth-order valence-corrected chi connectivity index (χ4v) is 3.37. The predicted molar refractivity (Wildman–Crippen MR) is 130 cm³/mol. The molecular weight excluding hydrogens is 474 g/mol. The van der Waals surface area contributed by atoms with Gasteiger partial charge in [-0.1, -0.05) is 11.6 Å². The fraction of sp³-hybridized carbons (Fsp3) is 0.250. The maximum absolute atomic E-state index is 12.1. The SMILES string of the molecule is COc1ccc(-c2nnc3ccc(OCCNC(=O)COc4ccc(Cl)c(C)c4)nn23)c(OC)c1. The third-order valence-corrected chi connectivity index (χ3v) is 5.49. The molecule has 2 aromatic carbocycles. The van der Waals surface area contributed by atoms with Gasteiger partial charge in [0.25, 0.3) is 5.91 Å². The normalized spacial score (nSPS) is 10.7. The maximum Gasteiger partial charge on any atom is 0.258 e. The van der Waals surface area contributed by atoms with Crippen molar-refractivity contribution in [3.8, 4) is 34.5 Å². The molecule has 0 radical (unpaired) electrons. The molecule has 0 atom stereocenters. The first-order valence-corrected chi connectivity index (χ1v) is 11.1. The van der Waals surface area contributed by atoms with Gasteiger partial charge in [0.2, 0.25) is 5.88 Å². The lowest BCUT2D eigenvalue weighted by atomic mass is 10.2. The summed E-state index contributed by atoms with van der Waals surface area (Å²) in [5.74, 6) is 2.39. The van der Waals surface area contributed by atoms with E-state index in [-0.39, 0.29) is 25.7 Å². The molecule has 0 saturated carbocycles. The summed E-state index contributed by atoms with van der Waals surface area (Å²) < 4.78 is 23.5. The van der Waals surface area contributed by atoms with Crippen molar-refractivity contribution in [2.24, 2.45) is 0 Å². The average Bonchev–Trinajstić information content (AvgIpc) is 3.30. The first-order valence-electron chi connectivity index (χ1n) is 10.7. The zero-order chi connectivity index (χ0) is 24.8. The highest BCUT2D eigenvalue weighted by atomic mass is 35.5. The van der Waals surface area contributed by atoms with E-state index in [2.05, 4.69) is 20.6 Å². The van der Waals surface area contributed by atoms with Gasteiger partial charge in [0.15, 0.2) is 18.1 Å². The van der Waals surface area contributed by atoms with Crippen molar-refractivity contribution in [3.05, 3.63) is 59.1 Å². The Bertz CT molecular complexity index is 1340.